The number of hydrogen-bond donors (Lipinski definition) is 1. The molecule has 0 aliphatic carbocycles. The molecule has 2 amide bonds. The molecule has 0 radical (unpaired) electrons. The molecule has 1 heterocycles. The summed E-state index contributed by atoms with van der Waals surface area (Å²) in [4.78, 5) is 12.2. The fourth-order valence-corrected chi connectivity index (χ4v) is 2.75. The highest BCUT2D eigenvalue weighted by atomic mass is 19.4. The van der Waals surface area contributed by atoms with Gasteiger partial charge in [-0.05, 0) is 24.8 Å². The molecule has 2 N–H and O–H groups in total. The van der Waals surface area contributed by atoms with Gasteiger partial charge in [0.15, 0.2) is 5.54 Å². The van der Waals surface area contributed by atoms with Crippen molar-refractivity contribution < 1.29 is 18.0 Å². The minimum absolute atomic E-state index is 0.0315. The van der Waals surface area contributed by atoms with E-state index in [0.717, 1.165) is 4.90 Å². The number of likely N-dealkylation sites (tertiary alicyclic amines) is 1. The van der Waals surface area contributed by atoms with Crippen LogP contribution in [0.25, 0.3) is 0 Å². The highest BCUT2D eigenvalue weighted by molar-refractivity contribution is 5.73. The van der Waals surface area contributed by atoms with Crippen LogP contribution in [-0.2, 0) is 5.54 Å². The van der Waals surface area contributed by atoms with Gasteiger partial charge in [-0.1, -0.05) is 30.3 Å². The summed E-state index contributed by atoms with van der Waals surface area (Å²) in [6, 6.07) is 6.49. The lowest BCUT2D eigenvalue weighted by Crippen LogP contribution is -2.61. The largest absolute Gasteiger partial charge is 0.416 e. The number of urea groups is 1. The van der Waals surface area contributed by atoms with Crippen molar-refractivity contribution in [3.05, 3.63) is 35.9 Å². The second-order valence-corrected chi connectivity index (χ2v) is 4.67. The summed E-state index contributed by atoms with van der Waals surface area (Å²) in [5.41, 5.74) is 2.94. The third kappa shape index (κ3) is 2.15. The van der Waals surface area contributed by atoms with Gasteiger partial charge in [-0.2, -0.15) is 13.2 Å². The molecule has 0 aromatic heterocycles. The summed E-state index contributed by atoms with van der Waals surface area (Å²) in [5.74, 6) is 0. The zero-order valence-electron chi connectivity index (χ0n) is 10.3. The molecule has 19 heavy (non-hydrogen) atoms. The number of piperidine rings is 1. The maximum Gasteiger partial charge on any atom is 0.416 e. The number of benzene rings is 1. The van der Waals surface area contributed by atoms with Gasteiger partial charge in [0.05, 0.1) is 0 Å². The topological polar surface area (TPSA) is 46.3 Å². The van der Waals surface area contributed by atoms with Crippen LogP contribution < -0.4 is 5.73 Å². The van der Waals surface area contributed by atoms with Crippen LogP contribution in [0.2, 0.25) is 0 Å². The van der Waals surface area contributed by atoms with Gasteiger partial charge in [0.1, 0.15) is 0 Å². The van der Waals surface area contributed by atoms with Crippen molar-refractivity contribution in [1.29, 1.82) is 0 Å². The Hall–Kier alpha value is -1.72. The van der Waals surface area contributed by atoms with E-state index in [1.54, 1.807) is 6.07 Å². The van der Waals surface area contributed by atoms with E-state index in [0.29, 0.717) is 12.8 Å². The molecule has 1 aliphatic rings. The van der Waals surface area contributed by atoms with Crippen LogP contribution in [0.1, 0.15) is 24.8 Å². The molecule has 3 nitrogen and oxygen atoms in total. The Balaban J connectivity index is 2.60. The minimum Gasteiger partial charge on any atom is -0.351 e. The predicted molar refractivity (Wildman–Crippen MR) is 64.3 cm³/mol. The third-order valence-corrected chi connectivity index (χ3v) is 3.62. The molecular formula is C13H15F3N2O. The minimum atomic E-state index is -4.55. The predicted octanol–water partition coefficient (Wildman–Crippen LogP) is 3.01. The van der Waals surface area contributed by atoms with E-state index in [1.165, 1.54) is 24.3 Å². The molecule has 0 bridgehead atoms. The maximum absolute atomic E-state index is 13.6. The first-order valence-corrected chi connectivity index (χ1v) is 6.09. The summed E-state index contributed by atoms with van der Waals surface area (Å²) < 4.78 is 40.9. The number of halogens is 3. The normalized spacial score (nSPS) is 24.3. The summed E-state index contributed by atoms with van der Waals surface area (Å²) in [6.45, 7) is 0.0315. The molecule has 0 saturated carbocycles. The first-order valence-electron chi connectivity index (χ1n) is 6.09. The summed E-state index contributed by atoms with van der Waals surface area (Å²) >= 11 is 0. The molecule has 1 saturated heterocycles. The van der Waals surface area contributed by atoms with E-state index >= 15 is 0 Å². The molecule has 6 heteroatoms. The Morgan fingerprint density at radius 1 is 1.21 bits per heavy atom. The standard InChI is InChI=1S/C13H15F3N2O/c14-13(15,16)12(10-6-2-1-3-7-10)8-4-5-9-18(12)11(17)19/h1-3,6-7H,4-5,8-9H2,(H2,17,19). The molecule has 0 spiro atoms. The number of amides is 2. The lowest BCUT2D eigenvalue weighted by molar-refractivity contribution is -0.236. The Kier molecular flexibility index (Phi) is 3.43. The van der Waals surface area contributed by atoms with Crippen molar-refractivity contribution >= 4 is 6.03 Å². The molecule has 1 fully saturated rings. The Labute approximate surface area is 109 Å². The lowest BCUT2D eigenvalue weighted by Gasteiger charge is -2.47. The van der Waals surface area contributed by atoms with E-state index in [2.05, 4.69) is 0 Å². The lowest BCUT2D eigenvalue weighted by atomic mass is 9.80. The van der Waals surface area contributed by atoms with Crippen molar-refractivity contribution in [3.63, 3.8) is 0 Å². The fraction of sp³-hybridized carbons (Fsp3) is 0.462. The molecule has 104 valence electrons. The number of nitrogens with two attached hydrogens (primary N) is 1. The van der Waals surface area contributed by atoms with Crippen LogP contribution in [0.4, 0.5) is 18.0 Å². The van der Waals surface area contributed by atoms with Gasteiger partial charge in [0.2, 0.25) is 0 Å². The summed E-state index contributed by atoms with van der Waals surface area (Å²) in [7, 11) is 0. The van der Waals surface area contributed by atoms with Crippen LogP contribution in [0, 0.1) is 0 Å². The number of alkyl halides is 3. The van der Waals surface area contributed by atoms with E-state index in [1.807, 2.05) is 0 Å². The van der Waals surface area contributed by atoms with Gasteiger partial charge in [-0.15, -0.1) is 0 Å². The monoisotopic (exact) mass is 272 g/mol. The van der Waals surface area contributed by atoms with Crippen molar-refractivity contribution in [3.8, 4) is 0 Å². The average molecular weight is 272 g/mol. The second kappa shape index (κ2) is 4.75. The van der Waals surface area contributed by atoms with Crippen LogP contribution in [0.3, 0.4) is 0 Å². The first kappa shape index (κ1) is 13.7. The quantitative estimate of drug-likeness (QED) is 0.839. The van der Waals surface area contributed by atoms with Gasteiger partial charge >= 0.3 is 12.2 Å². The van der Waals surface area contributed by atoms with Crippen LogP contribution in [0.15, 0.2) is 30.3 Å². The zero-order chi connectivity index (χ0) is 14.1. The second-order valence-electron chi connectivity index (χ2n) is 4.67. The Morgan fingerprint density at radius 3 is 2.37 bits per heavy atom. The van der Waals surface area contributed by atoms with Gasteiger partial charge in [-0.25, -0.2) is 4.79 Å². The molecule has 2 rings (SSSR count). The van der Waals surface area contributed by atoms with Gasteiger partial charge < -0.3 is 10.6 Å². The number of carbonyl (C=O) groups excluding carboxylic acids is 1. The molecule has 1 atom stereocenters. The third-order valence-electron chi connectivity index (χ3n) is 3.62. The highest BCUT2D eigenvalue weighted by Gasteiger charge is 2.61. The molecule has 1 aromatic rings. The fourth-order valence-electron chi connectivity index (χ4n) is 2.75. The number of carbonyl (C=O) groups is 1. The van der Waals surface area contributed by atoms with Gasteiger partial charge in [-0.3, -0.25) is 0 Å². The highest BCUT2D eigenvalue weighted by Crippen LogP contribution is 2.49. The zero-order valence-corrected chi connectivity index (χ0v) is 10.3. The molecule has 1 aliphatic heterocycles. The number of rotatable bonds is 1. The van der Waals surface area contributed by atoms with Crippen molar-refractivity contribution in [1.82, 2.24) is 4.90 Å². The first-order chi connectivity index (χ1) is 8.89. The molecular weight excluding hydrogens is 257 g/mol. The Bertz CT molecular complexity index is 461. The van der Waals surface area contributed by atoms with Crippen molar-refractivity contribution in [2.45, 2.75) is 31.0 Å². The van der Waals surface area contributed by atoms with Gasteiger partial charge in [0, 0.05) is 6.54 Å². The van der Waals surface area contributed by atoms with Crippen molar-refractivity contribution in [2.24, 2.45) is 5.73 Å². The Morgan fingerprint density at radius 2 is 1.84 bits per heavy atom. The van der Waals surface area contributed by atoms with E-state index < -0.39 is 17.7 Å². The van der Waals surface area contributed by atoms with Gasteiger partial charge in [0.25, 0.3) is 0 Å². The van der Waals surface area contributed by atoms with Crippen LogP contribution in [-0.4, -0.2) is 23.7 Å². The molecule has 1 unspecified atom stereocenters. The number of hydrogen-bond acceptors (Lipinski definition) is 1. The SMILES string of the molecule is NC(=O)N1CCCCC1(c1ccccc1)C(F)(F)F. The smallest absolute Gasteiger partial charge is 0.351 e. The summed E-state index contributed by atoms with van der Waals surface area (Å²) in [5, 5.41) is 0. The summed E-state index contributed by atoms with van der Waals surface area (Å²) in [6.07, 6.45) is -3.75. The maximum atomic E-state index is 13.6. The van der Waals surface area contributed by atoms with E-state index in [4.69, 9.17) is 5.73 Å². The molecule has 1 aromatic carbocycles. The van der Waals surface area contributed by atoms with Crippen molar-refractivity contribution in [2.75, 3.05) is 6.54 Å². The van der Waals surface area contributed by atoms with Crippen LogP contribution in [0.5, 0.6) is 0 Å². The van der Waals surface area contributed by atoms with E-state index in [-0.39, 0.29) is 18.5 Å². The van der Waals surface area contributed by atoms with Crippen LogP contribution >= 0.6 is 0 Å². The number of primary amides is 1. The average Bonchev–Trinajstić information content (AvgIpc) is 2.38. The number of nitrogens with zero attached hydrogens (tertiary/aromatic N) is 1. The van der Waals surface area contributed by atoms with E-state index in [9.17, 15) is 18.0 Å².